The number of thiazole rings is 1. The zero-order valence-electron chi connectivity index (χ0n) is 9.96. The largest absolute Gasteiger partial charge is 0.444 e. The van der Waals surface area contributed by atoms with E-state index < -0.39 is 11.7 Å². The molecule has 16 heavy (non-hydrogen) atoms. The molecule has 1 amide bonds. The number of carbonyl (C=O) groups excluding carboxylic acids is 1. The molecule has 6 heteroatoms. The first kappa shape index (κ1) is 12.9. The molecule has 0 aliphatic rings. The van der Waals surface area contributed by atoms with Crippen molar-refractivity contribution < 1.29 is 9.53 Å². The van der Waals surface area contributed by atoms with Gasteiger partial charge in [-0.25, -0.2) is 9.78 Å². The fraction of sp³-hybridized carbons (Fsp3) is 0.600. The van der Waals surface area contributed by atoms with E-state index in [9.17, 15) is 4.79 Å². The van der Waals surface area contributed by atoms with E-state index in [2.05, 4.69) is 15.6 Å². The van der Waals surface area contributed by atoms with Crippen molar-refractivity contribution in [1.29, 1.82) is 0 Å². The first-order valence-corrected chi connectivity index (χ1v) is 5.81. The Balaban J connectivity index is 2.50. The van der Waals surface area contributed by atoms with Gasteiger partial charge in [0.05, 0.1) is 0 Å². The molecule has 1 aromatic rings. The molecule has 0 saturated carbocycles. The molecule has 1 rings (SSSR count). The van der Waals surface area contributed by atoms with E-state index in [0.29, 0.717) is 5.13 Å². The van der Waals surface area contributed by atoms with Crippen LogP contribution in [0.4, 0.5) is 9.93 Å². The van der Waals surface area contributed by atoms with Crippen LogP contribution in [0.25, 0.3) is 0 Å². The summed E-state index contributed by atoms with van der Waals surface area (Å²) in [6.45, 7) is 6.20. The second-order valence-electron chi connectivity index (χ2n) is 4.29. The predicted molar refractivity (Wildman–Crippen MR) is 64.7 cm³/mol. The highest BCUT2D eigenvalue weighted by atomic mass is 32.1. The standard InChI is InChI=1S/C10H17N3O2S/c1-10(2,3)15-9(14)13-8-12-6-7(16-8)5-11-4/h6,11H,5H2,1-4H3,(H,12,13,14). The van der Waals surface area contributed by atoms with Crippen LogP contribution in [0.15, 0.2) is 6.20 Å². The number of hydrogen-bond acceptors (Lipinski definition) is 5. The van der Waals surface area contributed by atoms with Crippen LogP contribution in [-0.2, 0) is 11.3 Å². The number of nitrogens with zero attached hydrogens (tertiary/aromatic N) is 1. The van der Waals surface area contributed by atoms with Gasteiger partial charge in [-0.05, 0) is 27.8 Å². The average Bonchev–Trinajstić information content (AvgIpc) is 2.49. The van der Waals surface area contributed by atoms with E-state index in [1.54, 1.807) is 6.20 Å². The summed E-state index contributed by atoms with van der Waals surface area (Å²) < 4.78 is 5.11. The fourth-order valence-corrected chi connectivity index (χ4v) is 1.82. The number of aromatic nitrogens is 1. The van der Waals surface area contributed by atoms with Crippen molar-refractivity contribution in [3.05, 3.63) is 11.1 Å². The summed E-state index contributed by atoms with van der Waals surface area (Å²) in [5.74, 6) is 0. The van der Waals surface area contributed by atoms with Crippen molar-refractivity contribution in [2.45, 2.75) is 32.9 Å². The fourth-order valence-electron chi connectivity index (χ4n) is 1.01. The predicted octanol–water partition coefficient (Wildman–Crippen LogP) is 2.21. The third kappa shape index (κ3) is 4.59. The quantitative estimate of drug-likeness (QED) is 0.854. The molecule has 0 aliphatic carbocycles. The minimum Gasteiger partial charge on any atom is -0.444 e. The molecule has 0 fully saturated rings. The van der Waals surface area contributed by atoms with Crippen LogP contribution in [0.3, 0.4) is 0 Å². The Morgan fingerprint density at radius 2 is 2.25 bits per heavy atom. The molecule has 0 bridgehead atoms. The van der Waals surface area contributed by atoms with Gasteiger partial charge in [0.25, 0.3) is 0 Å². The Kier molecular flexibility index (Phi) is 4.26. The van der Waals surface area contributed by atoms with Crippen LogP contribution in [0.2, 0.25) is 0 Å². The average molecular weight is 243 g/mol. The van der Waals surface area contributed by atoms with Gasteiger partial charge in [0, 0.05) is 17.6 Å². The lowest BCUT2D eigenvalue weighted by Gasteiger charge is -2.18. The van der Waals surface area contributed by atoms with E-state index in [4.69, 9.17) is 4.74 Å². The first-order valence-electron chi connectivity index (χ1n) is 5.00. The van der Waals surface area contributed by atoms with Crippen molar-refractivity contribution in [1.82, 2.24) is 10.3 Å². The molecule has 2 N–H and O–H groups in total. The second-order valence-corrected chi connectivity index (χ2v) is 5.40. The van der Waals surface area contributed by atoms with E-state index in [-0.39, 0.29) is 0 Å². The van der Waals surface area contributed by atoms with Gasteiger partial charge in [-0.3, -0.25) is 5.32 Å². The van der Waals surface area contributed by atoms with Crippen molar-refractivity contribution in [3.63, 3.8) is 0 Å². The van der Waals surface area contributed by atoms with Gasteiger partial charge >= 0.3 is 6.09 Å². The molecular weight excluding hydrogens is 226 g/mol. The lowest BCUT2D eigenvalue weighted by atomic mass is 10.2. The Morgan fingerprint density at radius 1 is 1.56 bits per heavy atom. The SMILES string of the molecule is CNCc1cnc(NC(=O)OC(C)(C)C)s1. The molecular formula is C10H17N3O2S. The molecule has 0 atom stereocenters. The van der Waals surface area contributed by atoms with Crippen LogP contribution in [-0.4, -0.2) is 23.7 Å². The molecule has 5 nitrogen and oxygen atoms in total. The van der Waals surface area contributed by atoms with E-state index in [1.807, 2.05) is 27.8 Å². The zero-order chi connectivity index (χ0) is 12.2. The van der Waals surface area contributed by atoms with Gasteiger partial charge in [0.2, 0.25) is 0 Å². The summed E-state index contributed by atoms with van der Waals surface area (Å²) in [5, 5.41) is 6.17. The molecule has 0 unspecified atom stereocenters. The number of anilines is 1. The van der Waals surface area contributed by atoms with Gasteiger partial charge in [-0.15, -0.1) is 11.3 Å². The highest BCUT2D eigenvalue weighted by Gasteiger charge is 2.17. The number of hydrogen-bond donors (Lipinski definition) is 2. The smallest absolute Gasteiger partial charge is 0.413 e. The maximum atomic E-state index is 11.4. The van der Waals surface area contributed by atoms with Crippen LogP contribution in [0.1, 0.15) is 25.6 Å². The zero-order valence-corrected chi connectivity index (χ0v) is 10.8. The van der Waals surface area contributed by atoms with Gasteiger partial charge < -0.3 is 10.1 Å². The summed E-state index contributed by atoms with van der Waals surface area (Å²) in [7, 11) is 1.86. The number of nitrogens with one attached hydrogen (secondary N) is 2. The van der Waals surface area contributed by atoms with Crippen LogP contribution < -0.4 is 10.6 Å². The van der Waals surface area contributed by atoms with E-state index in [1.165, 1.54) is 11.3 Å². The summed E-state index contributed by atoms with van der Waals surface area (Å²) in [6, 6.07) is 0. The molecule has 0 aromatic carbocycles. The monoisotopic (exact) mass is 243 g/mol. The summed E-state index contributed by atoms with van der Waals surface area (Å²) in [4.78, 5) is 16.5. The Morgan fingerprint density at radius 3 is 2.81 bits per heavy atom. The normalized spacial score (nSPS) is 11.2. The van der Waals surface area contributed by atoms with Crippen LogP contribution in [0, 0.1) is 0 Å². The second kappa shape index (κ2) is 5.27. The maximum absolute atomic E-state index is 11.4. The van der Waals surface area contributed by atoms with Crippen molar-refractivity contribution in [3.8, 4) is 0 Å². The van der Waals surface area contributed by atoms with Crippen molar-refractivity contribution >= 4 is 22.6 Å². The molecule has 0 radical (unpaired) electrons. The molecule has 0 saturated heterocycles. The number of rotatable bonds is 3. The minimum absolute atomic E-state index is 0.474. The third-order valence-electron chi connectivity index (χ3n) is 1.51. The maximum Gasteiger partial charge on any atom is 0.413 e. The van der Waals surface area contributed by atoms with E-state index >= 15 is 0 Å². The molecule has 0 spiro atoms. The minimum atomic E-state index is -0.491. The van der Waals surface area contributed by atoms with E-state index in [0.717, 1.165) is 11.4 Å². The Hall–Kier alpha value is -1.14. The number of ether oxygens (including phenoxy) is 1. The summed E-state index contributed by atoms with van der Waals surface area (Å²) >= 11 is 1.43. The summed E-state index contributed by atoms with van der Waals surface area (Å²) in [5.41, 5.74) is -0.491. The summed E-state index contributed by atoms with van der Waals surface area (Å²) in [6.07, 6.45) is 1.26. The molecule has 0 aliphatic heterocycles. The lowest BCUT2D eigenvalue weighted by Crippen LogP contribution is -2.27. The highest BCUT2D eigenvalue weighted by Crippen LogP contribution is 2.18. The Labute approximate surface area is 99.2 Å². The highest BCUT2D eigenvalue weighted by molar-refractivity contribution is 7.15. The van der Waals surface area contributed by atoms with Crippen LogP contribution >= 0.6 is 11.3 Å². The van der Waals surface area contributed by atoms with Crippen molar-refractivity contribution in [2.24, 2.45) is 0 Å². The molecule has 1 aromatic heterocycles. The van der Waals surface area contributed by atoms with Gasteiger partial charge in [-0.1, -0.05) is 0 Å². The third-order valence-corrected chi connectivity index (χ3v) is 2.43. The molecule has 90 valence electrons. The molecule has 1 heterocycles. The van der Waals surface area contributed by atoms with Crippen LogP contribution in [0.5, 0.6) is 0 Å². The van der Waals surface area contributed by atoms with Gasteiger partial charge in [0.15, 0.2) is 5.13 Å². The lowest BCUT2D eigenvalue weighted by molar-refractivity contribution is 0.0636. The van der Waals surface area contributed by atoms with Gasteiger partial charge in [-0.2, -0.15) is 0 Å². The Bertz CT molecular complexity index is 357. The number of amides is 1. The first-order chi connectivity index (χ1) is 7.40. The topological polar surface area (TPSA) is 63.2 Å². The number of carbonyl (C=O) groups is 1. The van der Waals surface area contributed by atoms with Gasteiger partial charge in [0.1, 0.15) is 5.60 Å². The van der Waals surface area contributed by atoms with Crippen molar-refractivity contribution in [2.75, 3.05) is 12.4 Å².